The van der Waals surface area contributed by atoms with E-state index in [1.54, 1.807) is 5.01 Å². The Bertz CT molecular complexity index is 466. The quantitative estimate of drug-likeness (QED) is 0.675. The van der Waals surface area contributed by atoms with Gasteiger partial charge in [-0.05, 0) is 6.07 Å². The molecule has 1 saturated heterocycles. The molecule has 1 fully saturated rings. The minimum absolute atomic E-state index is 0.156. The summed E-state index contributed by atoms with van der Waals surface area (Å²) in [7, 11) is 0. The van der Waals surface area contributed by atoms with Crippen LogP contribution in [0.2, 0.25) is 5.02 Å². The highest BCUT2D eigenvalue weighted by Crippen LogP contribution is 2.30. The van der Waals surface area contributed by atoms with E-state index in [9.17, 15) is 14.5 Å². The largest absolute Gasteiger partial charge is 0.379 e. The molecule has 0 bridgehead atoms. The summed E-state index contributed by atoms with van der Waals surface area (Å²) in [5.74, 6) is -0.809. The number of ether oxygens (including phenoxy) is 1. The summed E-state index contributed by atoms with van der Waals surface area (Å²) < 4.78 is 18.4. The minimum atomic E-state index is -0.809. The van der Waals surface area contributed by atoms with E-state index in [1.165, 1.54) is 6.07 Å². The van der Waals surface area contributed by atoms with E-state index >= 15 is 0 Å². The number of benzene rings is 1. The summed E-state index contributed by atoms with van der Waals surface area (Å²) in [6, 6.07) is 2.02. The number of nitrogens with zero attached hydrogens (tertiary/aromatic N) is 2. The van der Waals surface area contributed by atoms with Gasteiger partial charge in [-0.1, -0.05) is 11.6 Å². The van der Waals surface area contributed by atoms with Crippen molar-refractivity contribution in [3.05, 3.63) is 33.1 Å². The van der Waals surface area contributed by atoms with Crippen molar-refractivity contribution in [1.82, 2.24) is 5.01 Å². The van der Waals surface area contributed by atoms with Gasteiger partial charge < -0.3 is 10.2 Å². The fraction of sp³-hybridized carbons (Fsp3) is 0.400. The van der Waals surface area contributed by atoms with Crippen molar-refractivity contribution in [2.75, 3.05) is 31.7 Å². The molecule has 1 aliphatic heterocycles. The van der Waals surface area contributed by atoms with Crippen LogP contribution in [0.1, 0.15) is 0 Å². The molecule has 1 aromatic rings. The van der Waals surface area contributed by atoms with Crippen molar-refractivity contribution >= 4 is 23.0 Å². The molecule has 0 saturated carbocycles. The van der Waals surface area contributed by atoms with Crippen LogP contribution >= 0.6 is 11.6 Å². The molecule has 0 spiro atoms. The number of hydrogen-bond acceptors (Lipinski definition) is 5. The zero-order chi connectivity index (χ0) is 13.1. The van der Waals surface area contributed by atoms with Crippen molar-refractivity contribution in [3.8, 4) is 0 Å². The number of nitro benzene ring substituents is 1. The highest BCUT2D eigenvalue weighted by atomic mass is 35.5. The fourth-order valence-electron chi connectivity index (χ4n) is 1.62. The Balaban J connectivity index is 2.24. The SMILES string of the molecule is O=[N+]([O-])c1cc(F)c(Cl)cc1NN1CCOCC1. The average Bonchev–Trinajstić information content (AvgIpc) is 2.34. The monoisotopic (exact) mass is 275 g/mol. The predicted octanol–water partition coefficient (Wildman–Crippen LogP) is 2.05. The first kappa shape index (κ1) is 13.0. The maximum atomic E-state index is 13.2. The van der Waals surface area contributed by atoms with Crippen LogP contribution in [0, 0.1) is 15.9 Å². The molecule has 0 atom stereocenters. The lowest BCUT2D eigenvalue weighted by molar-refractivity contribution is -0.384. The van der Waals surface area contributed by atoms with Crippen LogP contribution < -0.4 is 5.43 Å². The van der Waals surface area contributed by atoms with Gasteiger partial charge in [0.25, 0.3) is 5.69 Å². The Morgan fingerprint density at radius 2 is 2.11 bits per heavy atom. The predicted molar refractivity (Wildman–Crippen MR) is 64.1 cm³/mol. The third-order valence-corrected chi connectivity index (χ3v) is 2.81. The number of nitrogens with one attached hydrogen (secondary N) is 1. The molecule has 1 aromatic carbocycles. The maximum absolute atomic E-state index is 13.2. The molecule has 1 heterocycles. The van der Waals surface area contributed by atoms with Gasteiger partial charge >= 0.3 is 0 Å². The van der Waals surface area contributed by atoms with Crippen molar-refractivity contribution in [2.45, 2.75) is 0 Å². The zero-order valence-corrected chi connectivity index (χ0v) is 10.1. The van der Waals surface area contributed by atoms with Crippen LogP contribution in [-0.4, -0.2) is 36.2 Å². The lowest BCUT2D eigenvalue weighted by Crippen LogP contribution is -2.40. The maximum Gasteiger partial charge on any atom is 0.296 e. The van der Waals surface area contributed by atoms with Gasteiger partial charge in [-0.2, -0.15) is 0 Å². The highest BCUT2D eigenvalue weighted by Gasteiger charge is 2.20. The Morgan fingerprint density at radius 3 is 2.72 bits per heavy atom. The summed E-state index contributed by atoms with van der Waals surface area (Å²) in [5.41, 5.74) is 2.69. The van der Waals surface area contributed by atoms with Gasteiger partial charge in [-0.3, -0.25) is 10.1 Å². The molecule has 18 heavy (non-hydrogen) atoms. The van der Waals surface area contributed by atoms with Crippen LogP contribution in [0.25, 0.3) is 0 Å². The van der Waals surface area contributed by atoms with Gasteiger partial charge in [-0.25, -0.2) is 9.40 Å². The average molecular weight is 276 g/mol. The topological polar surface area (TPSA) is 67.6 Å². The molecule has 0 radical (unpaired) electrons. The van der Waals surface area contributed by atoms with E-state index in [4.69, 9.17) is 16.3 Å². The van der Waals surface area contributed by atoms with Crippen LogP contribution in [0.4, 0.5) is 15.8 Å². The second kappa shape index (κ2) is 5.47. The Kier molecular flexibility index (Phi) is 3.95. The summed E-state index contributed by atoms with van der Waals surface area (Å²) in [4.78, 5) is 10.2. The van der Waals surface area contributed by atoms with Crippen LogP contribution in [0.3, 0.4) is 0 Å². The van der Waals surface area contributed by atoms with E-state index in [0.29, 0.717) is 26.3 Å². The summed E-state index contributed by atoms with van der Waals surface area (Å²) in [6.07, 6.45) is 0. The zero-order valence-electron chi connectivity index (χ0n) is 9.36. The number of rotatable bonds is 3. The normalized spacial score (nSPS) is 16.6. The molecular weight excluding hydrogens is 265 g/mol. The standard InChI is InChI=1S/C10H11ClFN3O3/c11-7-5-9(10(15(16)17)6-8(7)12)13-14-1-3-18-4-2-14/h5-6,13H,1-4H2. The Labute approximate surface area is 107 Å². The minimum Gasteiger partial charge on any atom is -0.379 e. The molecule has 0 aromatic heterocycles. The molecule has 98 valence electrons. The van der Waals surface area contributed by atoms with E-state index in [2.05, 4.69) is 5.43 Å². The first-order valence-corrected chi connectivity index (χ1v) is 5.68. The summed E-state index contributed by atoms with van der Waals surface area (Å²) in [6.45, 7) is 2.25. The molecular formula is C10H11ClFN3O3. The number of nitro groups is 1. The van der Waals surface area contributed by atoms with E-state index in [1.807, 2.05) is 0 Å². The van der Waals surface area contributed by atoms with Crippen LogP contribution in [0.5, 0.6) is 0 Å². The molecule has 1 N–H and O–H groups in total. The van der Waals surface area contributed by atoms with Gasteiger partial charge in [0.05, 0.1) is 29.2 Å². The lowest BCUT2D eigenvalue weighted by atomic mass is 10.2. The van der Waals surface area contributed by atoms with Gasteiger partial charge in [0.15, 0.2) is 0 Å². The smallest absolute Gasteiger partial charge is 0.296 e. The fourth-order valence-corrected chi connectivity index (χ4v) is 1.79. The molecule has 6 nitrogen and oxygen atoms in total. The van der Waals surface area contributed by atoms with E-state index in [-0.39, 0.29) is 16.4 Å². The molecule has 1 aliphatic rings. The van der Waals surface area contributed by atoms with Crippen LogP contribution in [0.15, 0.2) is 12.1 Å². The molecule has 0 aliphatic carbocycles. The van der Waals surface area contributed by atoms with E-state index in [0.717, 1.165) is 6.07 Å². The molecule has 0 amide bonds. The van der Waals surface area contributed by atoms with Gasteiger partial charge in [0.2, 0.25) is 0 Å². The number of hydrogen-bond donors (Lipinski definition) is 1. The molecule has 8 heteroatoms. The summed E-state index contributed by atoms with van der Waals surface area (Å²) in [5, 5.41) is 12.4. The summed E-state index contributed by atoms with van der Waals surface area (Å²) >= 11 is 5.63. The number of anilines is 1. The molecule has 2 rings (SSSR count). The van der Waals surface area contributed by atoms with Crippen molar-refractivity contribution in [1.29, 1.82) is 0 Å². The Hall–Kier alpha value is -1.44. The molecule has 0 unspecified atom stereocenters. The van der Waals surface area contributed by atoms with E-state index < -0.39 is 10.7 Å². The first-order chi connectivity index (χ1) is 8.58. The lowest BCUT2D eigenvalue weighted by Gasteiger charge is -2.27. The van der Waals surface area contributed by atoms with Gasteiger partial charge in [0.1, 0.15) is 11.5 Å². The second-order valence-electron chi connectivity index (χ2n) is 3.75. The number of hydrazine groups is 1. The third-order valence-electron chi connectivity index (χ3n) is 2.52. The van der Waals surface area contributed by atoms with Crippen molar-refractivity contribution < 1.29 is 14.1 Å². The van der Waals surface area contributed by atoms with Crippen LogP contribution in [-0.2, 0) is 4.74 Å². The Morgan fingerprint density at radius 1 is 1.44 bits per heavy atom. The van der Waals surface area contributed by atoms with Gasteiger partial charge in [0, 0.05) is 13.1 Å². The third kappa shape index (κ3) is 2.87. The number of morpholine rings is 1. The number of halogens is 2. The first-order valence-electron chi connectivity index (χ1n) is 5.30. The van der Waals surface area contributed by atoms with Gasteiger partial charge in [-0.15, -0.1) is 0 Å². The highest BCUT2D eigenvalue weighted by molar-refractivity contribution is 6.31. The van der Waals surface area contributed by atoms with Crippen molar-refractivity contribution in [3.63, 3.8) is 0 Å². The second-order valence-corrected chi connectivity index (χ2v) is 4.16. The van der Waals surface area contributed by atoms with Crippen molar-refractivity contribution in [2.24, 2.45) is 0 Å².